The number of hydrogen-bond donors (Lipinski definition) is 2. The molecular weight excluding hydrogens is 394 g/mol. The summed E-state index contributed by atoms with van der Waals surface area (Å²) < 4.78 is 16.8. The number of para-hydroxylation sites is 2. The van der Waals surface area contributed by atoms with E-state index in [1.165, 1.54) is 0 Å². The van der Waals surface area contributed by atoms with E-state index in [9.17, 15) is 4.79 Å². The zero-order chi connectivity index (χ0) is 21.0. The number of carbonyl (C=O) groups excluding carboxylic acids is 1. The molecule has 0 aliphatic carbocycles. The van der Waals surface area contributed by atoms with E-state index in [0.717, 1.165) is 66.4 Å². The van der Waals surface area contributed by atoms with E-state index in [1.807, 2.05) is 42.6 Å². The van der Waals surface area contributed by atoms with Gasteiger partial charge < -0.3 is 24.5 Å². The molecule has 31 heavy (non-hydrogen) atoms. The Morgan fingerprint density at radius 3 is 2.84 bits per heavy atom. The van der Waals surface area contributed by atoms with Crippen molar-refractivity contribution in [1.29, 1.82) is 0 Å². The smallest absolute Gasteiger partial charge is 0.231 e. The molecule has 2 aliphatic heterocycles. The molecule has 0 saturated carbocycles. The molecule has 7 heteroatoms. The third-order valence-corrected chi connectivity index (χ3v) is 6.04. The van der Waals surface area contributed by atoms with E-state index in [2.05, 4.69) is 21.3 Å². The van der Waals surface area contributed by atoms with Crippen molar-refractivity contribution < 1.29 is 19.0 Å². The maximum Gasteiger partial charge on any atom is 0.231 e. The number of benzene rings is 2. The summed E-state index contributed by atoms with van der Waals surface area (Å²) in [6, 6.07) is 14.1. The second-order valence-electron chi connectivity index (χ2n) is 7.93. The predicted octanol–water partition coefficient (Wildman–Crippen LogP) is 2.87. The minimum atomic E-state index is -0.142. The molecule has 2 aliphatic rings. The molecule has 1 atom stereocenters. The Kier molecular flexibility index (Phi) is 5.78. The third kappa shape index (κ3) is 4.24. The summed E-state index contributed by atoms with van der Waals surface area (Å²) in [7, 11) is 0. The number of carbonyl (C=O) groups is 1. The highest BCUT2D eigenvalue weighted by Gasteiger charge is 2.28. The van der Waals surface area contributed by atoms with Crippen LogP contribution >= 0.6 is 0 Å². The summed E-state index contributed by atoms with van der Waals surface area (Å²) in [5.41, 5.74) is 3.12. The number of fused-ring (bicyclic) bond motifs is 2. The Bertz CT molecular complexity index is 1060. The first-order chi connectivity index (χ1) is 15.3. The van der Waals surface area contributed by atoms with Gasteiger partial charge in [-0.1, -0.05) is 30.3 Å². The number of amides is 1. The van der Waals surface area contributed by atoms with Crippen LogP contribution in [0.15, 0.2) is 48.7 Å². The first kappa shape index (κ1) is 19.9. The molecule has 1 unspecified atom stereocenters. The van der Waals surface area contributed by atoms with Crippen LogP contribution in [0, 0.1) is 0 Å². The number of ether oxygens (including phenoxy) is 3. The molecule has 2 N–H and O–H groups in total. The van der Waals surface area contributed by atoms with Crippen LogP contribution in [0.1, 0.15) is 23.5 Å². The molecule has 3 aromatic rings. The second kappa shape index (κ2) is 8.99. The molecular formula is C24H27N3O4. The van der Waals surface area contributed by atoms with Gasteiger partial charge in [0.15, 0.2) is 11.5 Å². The maximum atomic E-state index is 13.0. The molecule has 1 aromatic heterocycles. The molecule has 162 valence electrons. The minimum Gasteiger partial charge on any atom is -0.454 e. The van der Waals surface area contributed by atoms with Gasteiger partial charge in [0.05, 0.1) is 13.2 Å². The Morgan fingerprint density at radius 2 is 1.94 bits per heavy atom. The average molecular weight is 421 g/mol. The monoisotopic (exact) mass is 421 g/mol. The van der Waals surface area contributed by atoms with Crippen molar-refractivity contribution in [3.8, 4) is 11.5 Å². The van der Waals surface area contributed by atoms with Crippen LogP contribution in [-0.2, 0) is 9.53 Å². The molecule has 5 rings (SSSR count). The fourth-order valence-corrected chi connectivity index (χ4v) is 4.43. The third-order valence-electron chi connectivity index (χ3n) is 6.04. The van der Waals surface area contributed by atoms with Crippen molar-refractivity contribution in [2.75, 3.05) is 46.2 Å². The number of hydrogen-bond acceptors (Lipinski definition) is 5. The summed E-state index contributed by atoms with van der Waals surface area (Å²) >= 11 is 0. The lowest BCUT2D eigenvalue weighted by Crippen LogP contribution is -2.41. The maximum absolute atomic E-state index is 13.0. The SMILES string of the molecule is O=C(CC(c1cccc2c1OCO2)c1c[nH]c2ccccc12)NCCN1CCOCC1. The van der Waals surface area contributed by atoms with Crippen LogP contribution in [0.3, 0.4) is 0 Å². The number of H-pyrrole nitrogens is 1. The molecule has 1 fully saturated rings. The average Bonchev–Trinajstić information content (AvgIpc) is 3.45. The van der Waals surface area contributed by atoms with Crippen molar-refractivity contribution >= 4 is 16.8 Å². The van der Waals surface area contributed by atoms with Gasteiger partial charge in [-0.2, -0.15) is 0 Å². The van der Waals surface area contributed by atoms with E-state index in [4.69, 9.17) is 14.2 Å². The summed E-state index contributed by atoms with van der Waals surface area (Å²) in [5, 5.41) is 4.22. The van der Waals surface area contributed by atoms with Crippen LogP contribution in [0.25, 0.3) is 10.9 Å². The topological polar surface area (TPSA) is 75.8 Å². The van der Waals surface area contributed by atoms with Crippen LogP contribution < -0.4 is 14.8 Å². The fourth-order valence-electron chi connectivity index (χ4n) is 4.43. The van der Waals surface area contributed by atoms with Gasteiger partial charge >= 0.3 is 0 Å². The van der Waals surface area contributed by atoms with Crippen molar-refractivity contribution in [1.82, 2.24) is 15.2 Å². The number of aromatic amines is 1. The van der Waals surface area contributed by atoms with Crippen molar-refractivity contribution in [3.05, 3.63) is 59.8 Å². The summed E-state index contributed by atoms with van der Waals surface area (Å²) in [4.78, 5) is 18.6. The Morgan fingerprint density at radius 1 is 1.06 bits per heavy atom. The van der Waals surface area contributed by atoms with E-state index in [1.54, 1.807) is 0 Å². The van der Waals surface area contributed by atoms with Crippen molar-refractivity contribution in [3.63, 3.8) is 0 Å². The second-order valence-corrected chi connectivity index (χ2v) is 7.93. The Balaban J connectivity index is 1.37. The summed E-state index contributed by atoms with van der Waals surface area (Å²) in [5.74, 6) is 1.35. The fraction of sp³-hybridized carbons (Fsp3) is 0.375. The molecule has 1 amide bonds. The first-order valence-electron chi connectivity index (χ1n) is 10.8. The largest absolute Gasteiger partial charge is 0.454 e. The van der Waals surface area contributed by atoms with Crippen LogP contribution in [0.2, 0.25) is 0 Å². The van der Waals surface area contributed by atoms with Crippen LogP contribution in [-0.4, -0.2) is 62.0 Å². The van der Waals surface area contributed by atoms with E-state index < -0.39 is 0 Å². The van der Waals surface area contributed by atoms with Gasteiger partial charge in [0.2, 0.25) is 12.7 Å². The highest BCUT2D eigenvalue weighted by molar-refractivity contribution is 5.86. The number of aromatic nitrogens is 1. The van der Waals surface area contributed by atoms with Gasteiger partial charge in [0, 0.05) is 61.2 Å². The van der Waals surface area contributed by atoms with Crippen molar-refractivity contribution in [2.24, 2.45) is 0 Å². The Hall–Kier alpha value is -3.03. The van der Waals surface area contributed by atoms with Gasteiger partial charge in [0.25, 0.3) is 0 Å². The lowest BCUT2D eigenvalue weighted by atomic mass is 9.87. The minimum absolute atomic E-state index is 0.0278. The molecule has 0 spiro atoms. The van der Waals surface area contributed by atoms with Gasteiger partial charge in [-0.15, -0.1) is 0 Å². The number of nitrogens with one attached hydrogen (secondary N) is 2. The molecule has 3 heterocycles. The lowest BCUT2D eigenvalue weighted by Gasteiger charge is -2.26. The highest BCUT2D eigenvalue weighted by Crippen LogP contribution is 2.44. The standard InChI is InChI=1S/C24H27N3O4/c28-23(25-8-9-27-10-12-29-13-11-27)14-19(18-5-3-7-22-24(18)31-16-30-22)20-15-26-21-6-2-1-4-17(20)21/h1-7,15,19,26H,8-14,16H2,(H,25,28). The number of nitrogens with zero attached hydrogens (tertiary/aromatic N) is 1. The zero-order valence-electron chi connectivity index (χ0n) is 17.4. The molecule has 0 bridgehead atoms. The quantitative estimate of drug-likeness (QED) is 0.614. The molecule has 0 radical (unpaired) electrons. The predicted molar refractivity (Wildman–Crippen MR) is 118 cm³/mol. The van der Waals surface area contributed by atoms with E-state index in [0.29, 0.717) is 13.0 Å². The Labute approximate surface area is 181 Å². The molecule has 2 aromatic carbocycles. The first-order valence-corrected chi connectivity index (χ1v) is 10.8. The lowest BCUT2D eigenvalue weighted by molar-refractivity contribution is -0.121. The van der Waals surface area contributed by atoms with Crippen LogP contribution in [0.5, 0.6) is 11.5 Å². The van der Waals surface area contributed by atoms with Gasteiger partial charge in [-0.05, 0) is 17.7 Å². The molecule has 7 nitrogen and oxygen atoms in total. The summed E-state index contributed by atoms with van der Waals surface area (Å²) in [6.45, 7) is 5.04. The van der Waals surface area contributed by atoms with E-state index in [-0.39, 0.29) is 18.6 Å². The van der Waals surface area contributed by atoms with Crippen molar-refractivity contribution in [2.45, 2.75) is 12.3 Å². The van der Waals surface area contributed by atoms with Gasteiger partial charge in [-0.3, -0.25) is 9.69 Å². The number of morpholine rings is 1. The molecule has 1 saturated heterocycles. The highest BCUT2D eigenvalue weighted by atomic mass is 16.7. The van der Waals surface area contributed by atoms with Gasteiger partial charge in [0.1, 0.15) is 0 Å². The summed E-state index contributed by atoms with van der Waals surface area (Å²) in [6.07, 6.45) is 2.34. The zero-order valence-corrected chi connectivity index (χ0v) is 17.4. The normalized spacial score (nSPS) is 17.0. The van der Waals surface area contributed by atoms with Crippen LogP contribution in [0.4, 0.5) is 0 Å². The van der Waals surface area contributed by atoms with Gasteiger partial charge in [-0.25, -0.2) is 0 Å². The van der Waals surface area contributed by atoms with E-state index >= 15 is 0 Å². The number of rotatable bonds is 7.